The van der Waals surface area contributed by atoms with Crippen molar-refractivity contribution in [1.82, 2.24) is 4.72 Å². The number of nitrogens with zero attached hydrogens (tertiary/aromatic N) is 1. The minimum Gasteiger partial charge on any atom is -0.258 e. The number of rotatable bonds is 7. The van der Waals surface area contributed by atoms with Crippen molar-refractivity contribution in [3.05, 3.63) is 39.9 Å². The number of nitro groups is 1. The van der Waals surface area contributed by atoms with Gasteiger partial charge in [-0.2, -0.15) is 0 Å². The zero-order valence-corrected chi connectivity index (χ0v) is 11.8. The maximum atomic E-state index is 11.8. The molecule has 7 heteroatoms. The highest BCUT2D eigenvalue weighted by atomic mass is 32.2. The second-order valence-corrected chi connectivity index (χ2v) is 6.57. The molecule has 19 heavy (non-hydrogen) atoms. The predicted molar refractivity (Wildman–Crippen MR) is 73.2 cm³/mol. The molecule has 0 amide bonds. The highest BCUT2D eigenvalue weighted by Gasteiger charge is 2.13. The molecule has 0 fully saturated rings. The lowest BCUT2D eigenvalue weighted by molar-refractivity contribution is -0.384. The van der Waals surface area contributed by atoms with E-state index in [0.717, 1.165) is 6.42 Å². The van der Waals surface area contributed by atoms with Crippen LogP contribution < -0.4 is 4.72 Å². The normalized spacial score (nSPS) is 11.7. The molecule has 0 spiro atoms. The van der Waals surface area contributed by atoms with Crippen LogP contribution in [-0.4, -0.2) is 19.9 Å². The van der Waals surface area contributed by atoms with Crippen LogP contribution in [-0.2, 0) is 15.8 Å². The molecule has 0 saturated carbocycles. The van der Waals surface area contributed by atoms with Crippen LogP contribution in [0.3, 0.4) is 0 Å². The van der Waals surface area contributed by atoms with Gasteiger partial charge < -0.3 is 0 Å². The highest BCUT2D eigenvalue weighted by Crippen LogP contribution is 2.14. The first-order chi connectivity index (χ1) is 8.80. The molecule has 0 unspecified atom stereocenters. The largest absolute Gasteiger partial charge is 0.269 e. The van der Waals surface area contributed by atoms with Gasteiger partial charge in [0.25, 0.3) is 5.69 Å². The third kappa shape index (κ3) is 5.80. The Hall–Kier alpha value is -1.47. The van der Waals surface area contributed by atoms with Crippen molar-refractivity contribution in [2.75, 3.05) is 6.54 Å². The van der Waals surface area contributed by atoms with Crippen LogP contribution >= 0.6 is 0 Å². The lowest BCUT2D eigenvalue weighted by Gasteiger charge is -2.08. The highest BCUT2D eigenvalue weighted by molar-refractivity contribution is 7.88. The van der Waals surface area contributed by atoms with Gasteiger partial charge >= 0.3 is 0 Å². The van der Waals surface area contributed by atoms with E-state index < -0.39 is 14.9 Å². The Bertz CT molecular complexity index is 540. The smallest absolute Gasteiger partial charge is 0.258 e. The molecule has 0 aliphatic rings. The molecule has 0 radical (unpaired) electrons. The average Bonchev–Trinajstić information content (AvgIpc) is 2.27. The molecular weight excluding hydrogens is 268 g/mol. The standard InChI is InChI=1S/C12H18N2O4S/c1-10(2)6-7-13-19(17,18)9-11-4-3-5-12(8-11)14(15)16/h3-5,8,10,13H,6-7,9H2,1-2H3. The summed E-state index contributed by atoms with van der Waals surface area (Å²) < 4.78 is 26.1. The van der Waals surface area contributed by atoms with Gasteiger partial charge in [-0.15, -0.1) is 0 Å². The van der Waals surface area contributed by atoms with E-state index in [0.29, 0.717) is 18.0 Å². The van der Waals surface area contributed by atoms with E-state index in [1.54, 1.807) is 6.07 Å². The first kappa shape index (κ1) is 15.6. The van der Waals surface area contributed by atoms with Crippen molar-refractivity contribution < 1.29 is 13.3 Å². The maximum Gasteiger partial charge on any atom is 0.269 e. The van der Waals surface area contributed by atoms with Crippen molar-refractivity contribution in [3.8, 4) is 0 Å². The molecule has 0 saturated heterocycles. The van der Waals surface area contributed by atoms with Crippen molar-refractivity contribution >= 4 is 15.7 Å². The molecule has 0 aliphatic heterocycles. The number of non-ortho nitro benzene ring substituents is 1. The molecule has 1 aromatic rings. The third-order valence-electron chi connectivity index (χ3n) is 2.52. The molecule has 6 nitrogen and oxygen atoms in total. The van der Waals surface area contributed by atoms with Crippen molar-refractivity contribution in [1.29, 1.82) is 0 Å². The number of nitrogens with one attached hydrogen (secondary N) is 1. The van der Waals surface area contributed by atoms with Crippen LogP contribution in [0, 0.1) is 16.0 Å². The van der Waals surface area contributed by atoms with Crippen LogP contribution in [0.2, 0.25) is 0 Å². The van der Waals surface area contributed by atoms with Gasteiger partial charge in [-0.3, -0.25) is 10.1 Å². The Morgan fingerprint density at radius 2 is 2.05 bits per heavy atom. The Morgan fingerprint density at radius 3 is 2.63 bits per heavy atom. The third-order valence-corrected chi connectivity index (χ3v) is 3.88. The lowest BCUT2D eigenvalue weighted by Crippen LogP contribution is -2.26. The summed E-state index contributed by atoms with van der Waals surface area (Å²) in [7, 11) is -3.45. The number of hydrogen-bond acceptors (Lipinski definition) is 4. The van der Waals surface area contributed by atoms with Crippen LogP contribution in [0.4, 0.5) is 5.69 Å². The molecule has 1 rings (SSSR count). The quantitative estimate of drug-likeness (QED) is 0.613. The summed E-state index contributed by atoms with van der Waals surface area (Å²) in [5, 5.41) is 10.6. The first-order valence-corrected chi connectivity index (χ1v) is 7.66. The van der Waals surface area contributed by atoms with Gasteiger partial charge in [0.05, 0.1) is 10.7 Å². The van der Waals surface area contributed by atoms with E-state index in [-0.39, 0.29) is 11.4 Å². The summed E-state index contributed by atoms with van der Waals surface area (Å²) >= 11 is 0. The van der Waals surface area contributed by atoms with Gasteiger partial charge in [-0.25, -0.2) is 13.1 Å². The number of benzene rings is 1. The Kier molecular flexibility index (Phi) is 5.44. The minimum atomic E-state index is -3.45. The van der Waals surface area contributed by atoms with E-state index in [2.05, 4.69) is 4.72 Å². The summed E-state index contributed by atoms with van der Waals surface area (Å²) in [6.45, 7) is 4.40. The van der Waals surface area contributed by atoms with Gasteiger partial charge in [0.1, 0.15) is 0 Å². The Morgan fingerprint density at radius 1 is 1.37 bits per heavy atom. The van der Waals surface area contributed by atoms with E-state index in [1.807, 2.05) is 13.8 Å². The van der Waals surface area contributed by atoms with Crippen molar-refractivity contribution in [2.45, 2.75) is 26.0 Å². The fourth-order valence-electron chi connectivity index (χ4n) is 1.53. The van der Waals surface area contributed by atoms with E-state index >= 15 is 0 Å². The van der Waals surface area contributed by atoms with Crippen LogP contribution in [0.1, 0.15) is 25.8 Å². The summed E-state index contributed by atoms with van der Waals surface area (Å²) in [5.74, 6) is 0.174. The molecule has 0 heterocycles. The van der Waals surface area contributed by atoms with E-state index in [1.165, 1.54) is 18.2 Å². The fraction of sp³-hybridized carbons (Fsp3) is 0.500. The van der Waals surface area contributed by atoms with Crippen LogP contribution in [0.25, 0.3) is 0 Å². The number of hydrogen-bond donors (Lipinski definition) is 1. The van der Waals surface area contributed by atoms with Crippen molar-refractivity contribution in [2.24, 2.45) is 5.92 Å². The number of nitro benzene ring substituents is 1. The molecule has 1 aromatic carbocycles. The SMILES string of the molecule is CC(C)CCNS(=O)(=O)Cc1cccc([N+](=O)[O-])c1. The maximum absolute atomic E-state index is 11.8. The Balaban J connectivity index is 2.67. The fourth-order valence-corrected chi connectivity index (χ4v) is 2.68. The summed E-state index contributed by atoms with van der Waals surface area (Å²) in [6.07, 6.45) is 0.758. The topological polar surface area (TPSA) is 89.3 Å². The molecule has 0 aliphatic carbocycles. The lowest BCUT2D eigenvalue weighted by atomic mass is 10.1. The molecule has 106 valence electrons. The molecule has 0 atom stereocenters. The van der Waals surface area contributed by atoms with E-state index in [9.17, 15) is 18.5 Å². The number of sulfonamides is 1. The predicted octanol–water partition coefficient (Wildman–Crippen LogP) is 2.06. The second kappa shape index (κ2) is 6.63. The van der Waals surface area contributed by atoms with Crippen LogP contribution in [0.15, 0.2) is 24.3 Å². The molecule has 1 N–H and O–H groups in total. The van der Waals surface area contributed by atoms with Gasteiger partial charge in [0, 0.05) is 18.7 Å². The molecule has 0 aromatic heterocycles. The van der Waals surface area contributed by atoms with Crippen molar-refractivity contribution in [3.63, 3.8) is 0 Å². The second-order valence-electron chi connectivity index (χ2n) is 4.76. The van der Waals surface area contributed by atoms with Gasteiger partial charge in [-0.05, 0) is 17.9 Å². The molecule has 0 bridgehead atoms. The Labute approximate surface area is 113 Å². The van der Waals surface area contributed by atoms with Gasteiger partial charge in [-0.1, -0.05) is 26.0 Å². The minimum absolute atomic E-state index is 0.102. The summed E-state index contributed by atoms with van der Waals surface area (Å²) in [5.41, 5.74) is 0.307. The summed E-state index contributed by atoms with van der Waals surface area (Å²) in [6, 6.07) is 5.66. The molecular formula is C12H18N2O4S. The zero-order chi connectivity index (χ0) is 14.5. The van der Waals surface area contributed by atoms with Gasteiger partial charge in [0.2, 0.25) is 10.0 Å². The first-order valence-electron chi connectivity index (χ1n) is 6.01. The monoisotopic (exact) mass is 286 g/mol. The van der Waals surface area contributed by atoms with E-state index in [4.69, 9.17) is 0 Å². The average molecular weight is 286 g/mol. The zero-order valence-electron chi connectivity index (χ0n) is 11.0. The van der Waals surface area contributed by atoms with Crippen LogP contribution in [0.5, 0.6) is 0 Å². The van der Waals surface area contributed by atoms with Gasteiger partial charge in [0.15, 0.2) is 0 Å². The summed E-state index contributed by atoms with van der Waals surface area (Å²) in [4.78, 5) is 10.1.